The summed E-state index contributed by atoms with van der Waals surface area (Å²) in [6.07, 6.45) is 6.11. The fourth-order valence-corrected chi connectivity index (χ4v) is 4.56. The molecule has 0 amide bonds. The van der Waals surface area contributed by atoms with Crippen molar-refractivity contribution in [1.82, 2.24) is 15.5 Å². The molecule has 0 bridgehead atoms. The number of fused-ring (bicyclic) bond motifs is 1. The second-order valence-corrected chi connectivity index (χ2v) is 7.70. The van der Waals surface area contributed by atoms with Gasteiger partial charge in [-0.25, -0.2) is 0 Å². The zero-order chi connectivity index (χ0) is 15.6. The summed E-state index contributed by atoms with van der Waals surface area (Å²) in [5, 5.41) is 11.9. The Balaban J connectivity index is 1.39. The van der Waals surface area contributed by atoms with Crippen LogP contribution < -0.4 is 5.32 Å². The lowest BCUT2D eigenvalue weighted by Gasteiger charge is -2.17. The molecule has 0 radical (unpaired) electrons. The topological polar surface area (TPSA) is 60.2 Å². The second-order valence-electron chi connectivity index (χ2n) is 6.56. The van der Waals surface area contributed by atoms with Gasteiger partial charge in [0.05, 0.1) is 18.0 Å². The SMILES string of the molecule is CC(NCc1nnc(-c2cc3c(s2)CCCC3)o1)C1CCOC1. The minimum absolute atomic E-state index is 0.405. The Morgan fingerprint density at radius 2 is 2.26 bits per heavy atom. The highest BCUT2D eigenvalue weighted by Crippen LogP contribution is 2.35. The van der Waals surface area contributed by atoms with Gasteiger partial charge in [0.1, 0.15) is 0 Å². The monoisotopic (exact) mass is 333 g/mol. The minimum atomic E-state index is 0.405. The summed E-state index contributed by atoms with van der Waals surface area (Å²) in [6, 6.07) is 2.64. The number of aromatic nitrogens is 2. The van der Waals surface area contributed by atoms with Gasteiger partial charge in [-0.15, -0.1) is 21.5 Å². The van der Waals surface area contributed by atoms with E-state index < -0.39 is 0 Å². The molecule has 0 aromatic carbocycles. The van der Waals surface area contributed by atoms with Crippen LogP contribution in [0.5, 0.6) is 0 Å². The molecule has 2 aliphatic rings. The lowest BCUT2D eigenvalue weighted by Crippen LogP contribution is -2.33. The van der Waals surface area contributed by atoms with Crippen molar-refractivity contribution in [1.29, 1.82) is 0 Å². The highest BCUT2D eigenvalue weighted by atomic mass is 32.1. The van der Waals surface area contributed by atoms with Crippen LogP contribution in [0.1, 0.15) is 42.5 Å². The molecule has 2 aromatic rings. The maximum absolute atomic E-state index is 5.85. The van der Waals surface area contributed by atoms with Gasteiger partial charge in [-0.3, -0.25) is 0 Å². The second kappa shape index (κ2) is 6.71. The number of nitrogens with zero attached hydrogens (tertiary/aromatic N) is 2. The Kier molecular flexibility index (Phi) is 4.46. The molecule has 3 heterocycles. The smallest absolute Gasteiger partial charge is 0.257 e. The first-order chi connectivity index (χ1) is 11.3. The molecule has 1 N–H and O–H groups in total. The molecule has 6 heteroatoms. The summed E-state index contributed by atoms with van der Waals surface area (Å²) in [5.74, 6) is 1.91. The number of ether oxygens (including phenoxy) is 1. The average molecular weight is 333 g/mol. The third-order valence-electron chi connectivity index (χ3n) is 4.92. The fourth-order valence-electron chi connectivity index (χ4n) is 3.38. The van der Waals surface area contributed by atoms with E-state index in [0.29, 0.717) is 30.3 Å². The van der Waals surface area contributed by atoms with E-state index in [-0.39, 0.29) is 0 Å². The van der Waals surface area contributed by atoms with Crippen LogP contribution in [0.3, 0.4) is 0 Å². The summed E-state index contributed by atoms with van der Waals surface area (Å²) in [4.78, 5) is 2.62. The number of thiophene rings is 1. The van der Waals surface area contributed by atoms with Crippen LogP contribution in [0.15, 0.2) is 10.5 Å². The summed E-state index contributed by atoms with van der Waals surface area (Å²) in [5.41, 5.74) is 1.48. The van der Waals surface area contributed by atoms with Crippen LogP contribution in [-0.2, 0) is 24.1 Å². The van der Waals surface area contributed by atoms with E-state index in [0.717, 1.165) is 24.5 Å². The van der Waals surface area contributed by atoms with Gasteiger partial charge in [0.2, 0.25) is 5.89 Å². The van der Waals surface area contributed by atoms with Gasteiger partial charge in [-0.05, 0) is 56.6 Å². The fraction of sp³-hybridized carbons (Fsp3) is 0.647. The maximum Gasteiger partial charge on any atom is 0.257 e. The first-order valence-electron chi connectivity index (χ1n) is 8.55. The number of aryl methyl sites for hydroxylation is 2. The molecule has 0 saturated carbocycles. The third-order valence-corrected chi connectivity index (χ3v) is 6.15. The maximum atomic E-state index is 5.85. The first-order valence-corrected chi connectivity index (χ1v) is 9.36. The van der Waals surface area contributed by atoms with Gasteiger partial charge in [0.25, 0.3) is 5.89 Å². The normalized spacial score (nSPS) is 22.2. The zero-order valence-corrected chi connectivity index (χ0v) is 14.3. The summed E-state index contributed by atoms with van der Waals surface area (Å²) < 4.78 is 11.3. The summed E-state index contributed by atoms with van der Waals surface area (Å²) in [6.45, 7) is 4.55. The largest absolute Gasteiger partial charge is 0.419 e. The molecule has 23 heavy (non-hydrogen) atoms. The van der Waals surface area contributed by atoms with E-state index in [2.05, 4.69) is 28.5 Å². The van der Waals surface area contributed by atoms with Gasteiger partial charge in [0.15, 0.2) is 0 Å². The van der Waals surface area contributed by atoms with E-state index in [1.54, 1.807) is 0 Å². The van der Waals surface area contributed by atoms with Crippen molar-refractivity contribution < 1.29 is 9.15 Å². The Morgan fingerprint density at radius 3 is 3.09 bits per heavy atom. The van der Waals surface area contributed by atoms with E-state index in [4.69, 9.17) is 9.15 Å². The minimum Gasteiger partial charge on any atom is -0.419 e. The highest BCUT2D eigenvalue weighted by Gasteiger charge is 2.23. The molecule has 0 spiro atoms. The van der Waals surface area contributed by atoms with Crippen LogP contribution in [0.25, 0.3) is 10.8 Å². The molecular weight excluding hydrogens is 310 g/mol. The molecule has 1 aliphatic carbocycles. The van der Waals surface area contributed by atoms with E-state index >= 15 is 0 Å². The van der Waals surface area contributed by atoms with Gasteiger partial charge in [-0.1, -0.05) is 0 Å². The molecular formula is C17H23N3O2S. The van der Waals surface area contributed by atoms with Gasteiger partial charge >= 0.3 is 0 Å². The molecule has 124 valence electrons. The standard InChI is InChI=1S/C17H23N3O2S/c1-11(13-6-7-21-10-13)18-9-16-19-20-17(22-16)15-8-12-4-2-3-5-14(12)23-15/h8,11,13,18H,2-7,9-10H2,1H3. The number of hydrogen-bond donors (Lipinski definition) is 1. The predicted molar refractivity (Wildman–Crippen MR) is 89.5 cm³/mol. The quantitative estimate of drug-likeness (QED) is 0.910. The number of hydrogen-bond acceptors (Lipinski definition) is 6. The lowest BCUT2D eigenvalue weighted by atomic mass is 9.99. The molecule has 2 aromatic heterocycles. The molecule has 1 aliphatic heterocycles. The van der Waals surface area contributed by atoms with Gasteiger partial charge < -0.3 is 14.5 Å². The Labute approximate surface area is 140 Å². The van der Waals surface area contributed by atoms with Crippen molar-refractivity contribution in [3.05, 3.63) is 22.4 Å². The molecule has 2 unspecified atom stereocenters. The molecule has 5 nitrogen and oxygen atoms in total. The first kappa shape index (κ1) is 15.3. The van der Waals surface area contributed by atoms with Crippen LogP contribution in [0, 0.1) is 5.92 Å². The van der Waals surface area contributed by atoms with Crippen molar-refractivity contribution in [2.24, 2.45) is 5.92 Å². The summed E-state index contributed by atoms with van der Waals surface area (Å²) >= 11 is 1.81. The van der Waals surface area contributed by atoms with E-state index in [1.807, 2.05) is 11.3 Å². The molecule has 2 atom stereocenters. The van der Waals surface area contributed by atoms with Crippen LogP contribution in [0.4, 0.5) is 0 Å². The van der Waals surface area contributed by atoms with Crippen molar-refractivity contribution in [3.8, 4) is 10.8 Å². The average Bonchev–Trinajstić information content (AvgIpc) is 3.31. The van der Waals surface area contributed by atoms with Crippen molar-refractivity contribution in [2.45, 2.75) is 51.6 Å². The zero-order valence-electron chi connectivity index (χ0n) is 13.5. The lowest BCUT2D eigenvalue weighted by molar-refractivity contribution is 0.177. The van der Waals surface area contributed by atoms with Crippen LogP contribution in [-0.4, -0.2) is 29.5 Å². The number of nitrogens with one attached hydrogen (secondary N) is 1. The van der Waals surface area contributed by atoms with Gasteiger partial charge in [0, 0.05) is 17.5 Å². The Bertz CT molecular complexity index is 637. The number of rotatable bonds is 5. The highest BCUT2D eigenvalue weighted by molar-refractivity contribution is 7.15. The third kappa shape index (κ3) is 3.34. The molecule has 4 rings (SSSR count). The van der Waals surface area contributed by atoms with Crippen LogP contribution in [0.2, 0.25) is 0 Å². The van der Waals surface area contributed by atoms with E-state index in [9.17, 15) is 0 Å². The summed E-state index contributed by atoms with van der Waals surface area (Å²) in [7, 11) is 0. The Hall–Kier alpha value is -1.24. The van der Waals surface area contributed by atoms with Crippen molar-refractivity contribution >= 4 is 11.3 Å². The Morgan fingerprint density at radius 1 is 1.35 bits per heavy atom. The predicted octanol–water partition coefficient (Wildman–Crippen LogP) is 3.19. The van der Waals surface area contributed by atoms with Gasteiger partial charge in [-0.2, -0.15) is 0 Å². The van der Waals surface area contributed by atoms with E-state index in [1.165, 1.54) is 36.1 Å². The molecule has 1 fully saturated rings. The van der Waals surface area contributed by atoms with Crippen molar-refractivity contribution in [3.63, 3.8) is 0 Å². The van der Waals surface area contributed by atoms with Crippen molar-refractivity contribution in [2.75, 3.05) is 13.2 Å². The molecule has 1 saturated heterocycles. The van der Waals surface area contributed by atoms with Crippen LogP contribution >= 0.6 is 11.3 Å².